The zero-order chi connectivity index (χ0) is 19.3. The average molecular weight is 384 g/mol. The maximum absolute atomic E-state index is 12.3. The third kappa shape index (κ3) is 5.18. The molecule has 0 spiro atoms. The topological polar surface area (TPSA) is 79.0 Å². The molecule has 1 aromatic rings. The Morgan fingerprint density at radius 2 is 2.12 bits per heavy atom. The van der Waals surface area contributed by atoms with Gasteiger partial charge in [-0.05, 0) is 55.9 Å². The van der Waals surface area contributed by atoms with Gasteiger partial charge in [0, 0.05) is 39.3 Å². The number of carbonyl (C=O) groups excluding carboxylic acids is 1. The summed E-state index contributed by atoms with van der Waals surface area (Å²) in [5, 5.41) is 2.93. The maximum Gasteiger partial charge on any atom is 0.281 e. The molecule has 8 heteroatoms. The zero-order valence-electron chi connectivity index (χ0n) is 16.0. The standard InChI is InChI=1S/C18H29N3O4S/c1-14-12-16(25-4)8-9-17(14)19-18(22)10-7-15-6-5-11-21(13-15)26(23,24)20(2)3/h8-9,12,15H,5-7,10-11,13H2,1-4H3,(H,19,22)/t15-/m0/s1. The number of nitrogens with one attached hydrogen (secondary N) is 1. The van der Waals surface area contributed by atoms with Gasteiger partial charge >= 0.3 is 0 Å². The van der Waals surface area contributed by atoms with Crippen molar-refractivity contribution >= 4 is 21.8 Å². The van der Waals surface area contributed by atoms with E-state index in [1.165, 1.54) is 8.61 Å². The van der Waals surface area contributed by atoms with Gasteiger partial charge in [0.2, 0.25) is 5.91 Å². The molecule has 1 saturated heterocycles. The lowest BCUT2D eigenvalue weighted by Crippen LogP contribution is -2.45. The summed E-state index contributed by atoms with van der Waals surface area (Å²) in [5.41, 5.74) is 1.72. The van der Waals surface area contributed by atoms with E-state index in [0.29, 0.717) is 25.9 Å². The van der Waals surface area contributed by atoms with Crippen molar-refractivity contribution in [1.29, 1.82) is 0 Å². The van der Waals surface area contributed by atoms with Crippen molar-refractivity contribution in [3.63, 3.8) is 0 Å². The molecule has 1 amide bonds. The number of methoxy groups -OCH3 is 1. The molecule has 1 aliphatic heterocycles. The summed E-state index contributed by atoms with van der Waals surface area (Å²) in [5.74, 6) is 0.914. The van der Waals surface area contributed by atoms with Gasteiger partial charge in [0.05, 0.1) is 7.11 Å². The monoisotopic (exact) mass is 383 g/mol. The normalized spacial score (nSPS) is 18.7. The molecule has 1 fully saturated rings. The number of piperidine rings is 1. The van der Waals surface area contributed by atoms with Crippen LogP contribution in [0.25, 0.3) is 0 Å². The van der Waals surface area contributed by atoms with Gasteiger partial charge in [0.1, 0.15) is 5.75 Å². The summed E-state index contributed by atoms with van der Waals surface area (Å²) in [6, 6.07) is 5.52. The van der Waals surface area contributed by atoms with Crippen molar-refractivity contribution in [2.24, 2.45) is 5.92 Å². The molecule has 0 radical (unpaired) electrons. The SMILES string of the molecule is COc1ccc(NC(=O)CC[C@@H]2CCCN(S(=O)(=O)N(C)C)C2)c(C)c1. The molecule has 0 bridgehead atoms. The fraction of sp³-hybridized carbons (Fsp3) is 0.611. The van der Waals surface area contributed by atoms with Crippen molar-refractivity contribution in [1.82, 2.24) is 8.61 Å². The minimum atomic E-state index is -3.38. The Balaban J connectivity index is 1.87. The van der Waals surface area contributed by atoms with Crippen LogP contribution >= 0.6 is 0 Å². The largest absolute Gasteiger partial charge is 0.497 e. The number of nitrogens with zero attached hydrogens (tertiary/aromatic N) is 2. The molecule has 0 unspecified atom stereocenters. The molecule has 0 aliphatic carbocycles. The lowest BCUT2D eigenvalue weighted by molar-refractivity contribution is -0.116. The highest BCUT2D eigenvalue weighted by Crippen LogP contribution is 2.25. The molecule has 1 aliphatic rings. The Labute approximate surface area is 156 Å². The van der Waals surface area contributed by atoms with Crippen LogP contribution in [0, 0.1) is 12.8 Å². The number of amides is 1. The van der Waals surface area contributed by atoms with E-state index in [4.69, 9.17) is 4.74 Å². The Kier molecular flexibility index (Phi) is 7.02. The second-order valence-electron chi connectivity index (χ2n) is 6.92. The van der Waals surface area contributed by atoms with Crippen LogP contribution in [0.15, 0.2) is 18.2 Å². The Bertz CT molecular complexity index is 734. The molecule has 0 aromatic heterocycles. The lowest BCUT2D eigenvalue weighted by Gasteiger charge is -2.33. The summed E-state index contributed by atoms with van der Waals surface area (Å²) in [6.07, 6.45) is 2.84. The molecule has 1 aromatic carbocycles. The van der Waals surface area contributed by atoms with E-state index in [0.717, 1.165) is 29.8 Å². The molecular formula is C18H29N3O4S. The zero-order valence-corrected chi connectivity index (χ0v) is 16.8. The smallest absolute Gasteiger partial charge is 0.281 e. The first-order valence-corrected chi connectivity index (χ1v) is 10.3. The minimum Gasteiger partial charge on any atom is -0.497 e. The second kappa shape index (κ2) is 8.83. The molecule has 26 heavy (non-hydrogen) atoms. The van der Waals surface area contributed by atoms with Gasteiger partial charge in [-0.3, -0.25) is 4.79 Å². The molecule has 7 nitrogen and oxygen atoms in total. The van der Waals surface area contributed by atoms with Gasteiger partial charge < -0.3 is 10.1 Å². The summed E-state index contributed by atoms with van der Waals surface area (Å²) >= 11 is 0. The quantitative estimate of drug-likeness (QED) is 0.783. The van der Waals surface area contributed by atoms with Gasteiger partial charge in [-0.25, -0.2) is 0 Å². The van der Waals surface area contributed by atoms with Crippen LogP contribution in [-0.4, -0.2) is 57.2 Å². The number of benzene rings is 1. The van der Waals surface area contributed by atoms with Crippen LogP contribution in [0.5, 0.6) is 5.75 Å². The van der Waals surface area contributed by atoms with E-state index in [1.54, 1.807) is 21.2 Å². The molecule has 146 valence electrons. The fourth-order valence-electron chi connectivity index (χ4n) is 3.15. The van der Waals surface area contributed by atoms with Crippen LogP contribution in [0.4, 0.5) is 5.69 Å². The van der Waals surface area contributed by atoms with Crippen molar-refractivity contribution in [3.8, 4) is 5.75 Å². The van der Waals surface area contributed by atoms with Crippen molar-refractivity contribution in [3.05, 3.63) is 23.8 Å². The van der Waals surface area contributed by atoms with E-state index < -0.39 is 10.2 Å². The predicted octanol–water partition coefficient (Wildman–Crippen LogP) is 2.24. The number of anilines is 1. The highest BCUT2D eigenvalue weighted by molar-refractivity contribution is 7.86. The second-order valence-corrected chi connectivity index (χ2v) is 9.07. The number of aryl methyl sites for hydroxylation is 1. The summed E-state index contributed by atoms with van der Waals surface area (Å²) < 4.78 is 32.5. The first-order valence-electron chi connectivity index (χ1n) is 8.86. The molecule has 1 heterocycles. The van der Waals surface area contributed by atoms with E-state index >= 15 is 0 Å². The van der Waals surface area contributed by atoms with Crippen LogP contribution in [0.2, 0.25) is 0 Å². The Hall–Kier alpha value is -1.64. The van der Waals surface area contributed by atoms with Gasteiger partial charge in [-0.15, -0.1) is 0 Å². The van der Waals surface area contributed by atoms with Crippen LogP contribution in [0.3, 0.4) is 0 Å². The highest BCUT2D eigenvalue weighted by Gasteiger charge is 2.30. The number of hydrogen-bond acceptors (Lipinski definition) is 4. The Morgan fingerprint density at radius 3 is 2.73 bits per heavy atom. The lowest BCUT2D eigenvalue weighted by atomic mass is 9.94. The van der Waals surface area contributed by atoms with Gasteiger partial charge in [0.25, 0.3) is 10.2 Å². The van der Waals surface area contributed by atoms with E-state index in [2.05, 4.69) is 5.32 Å². The predicted molar refractivity (Wildman–Crippen MR) is 102 cm³/mol. The minimum absolute atomic E-state index is 0.0501. The highest BCUT2D eigenvalue weighted by atomic mass is 32.2. The van der Waals surface area contributed by atoms with Crippen molar-refractivity contribution < 1.29 is 17.9 Å². The summed E-state index contributed by atoms with van der Waals surface area (Å²) in [6.45, 7) is 2.95. The molecule has 1 N–H and O–H groups in total. The van der Waals surface area contributed by atoms with E-state index in [9.17, 15) is 13.2 Å². The van der Waals surface area contributed by atoms with Gasteiger partial charge in [-0.2, -0.15) is 17.0 Å². The first-order chi connectivity index (χ1) is 12.2. The van der Waals surface area contributed by atoms with Crippen LogP contribution < -0.4 is 10.1 Å². The van der Waals surface area contributed by atoms with Crippen LogP contribution in [0.1, 0.15) is 31.2 Å². The van der Waals surface area contributed by atoms with E-state index in [-0.39, 0.29) is 11.8 Å². The molecule has 1 atom stereocenters. The molecule has 0 saturated carbocycles. The summed E-state index contributed by atoms with van der Waals surface area (Å²) in [7, 11) is 1.32. The molecular weight excluding hydrogens is 354 g/mol. The summed E-state index contributed by atoms with van der Waals surface area (Å²) in [4.78, 5) is 12.3. The van der Waals surface area contributed by atoms with Gasteiger partial charge in [-0.1, -0.05) is 0 Å². The third-order valence-corrected chi connectivity index (χ3v) is 6.66. The van der Waals surface area contributed by atoms with Crippen molar-refractivity contribution in [2.45, 2.75) is 32.6 Å². The number of ether oxygens (including phenoxy) is 1. The molecule has 2 rings (SSSR count). The van der Waals surface area contributed by atoms with E-state index in [1.807, 2.05) is 25.1 Å². The third-order valence-electron chi connectivity index (χ3n) is 4.76. The Morgan fingerprint density at radius 1 is 1.38 bits per heavy atom. The van der Waals surface area contributed by atoms with Gasteiger partial charge in [0.15, 0.2) is 0 Å². The average Bonchev–Trinajstić information content (AvgIpc) is 2.61. The van der Waals surface area contributed by atoms with Crippen molar-refractivity contribution in [2.75, 3.05) is 39.6 Å². The number of rotatable bonds is 7. The van der Waals surface area contributed by atoms with Crippen LogP contribution in [-0.2, 0) is 15.0 Å². The maximum atomic E-state index is 12.3. The first kappa shape index (κ1) is 20.7. The number of carbonyl (C=O) groups is 1. The fourth-order valence-corrected chi connectivity index (χ4v) is 4.38. The number of hydrogen-bond donors (Lipinski definition) is 1.